The van der Waals surface area contributed by atoms with Crippen molar-refractivity contribution in [2.75, 3.05) is 11.9 Å². The Hall–Kier alpha value is -2.47. The first-order chi connectivity index (χ1) is 13.0. The molecule has 1 aromatic heterocycles. The molecule has 6 heteroatoms. The normalized spacial score (nSPS) is 18.3. The standard InChI is InChI=1S/C22H31N5O/c1-21(2)11-17(25-19(28)22(3,4)23)16-13-24-20(26-18(16)12-21)27(5)14-15-9-7-6-8-10-15/h6-10,13,17H,11-12,14,23H2,1-5H3,(H,25,28)/t17-/m0/s1. The second kappa shape index (κ2) is 7.51. The molecule has 1 aliphatic rings. The van der Waals surface area contributed by atoms with E-state index in [-0.39, 0.29) is 17.4 Å². The molecule has 2 aromatic rings. The summed E-state index contributed by atoms with van der Waals surface area (Å²) < 4.78 is 0. The van der Waals surface area contributed by atoms with E-state index >= 15 is 0 Å². The van der Waals surface area contributed by atoms with Crippen LogP contribution >= 0.6 is 0 Å². The summed E-state index contributed by atoms with van der Waals surface area (Å²) in [5.74, 6) is 0.538. The fourth-order valence-electron chi connectivity index (χ4n) is 3.62. The van der Waals surface area contributed by atoms with Crippen molar-refractivity contribution < 1.29 is 4.79 Å². The molecule has 0 radical (unpaired) electrons. The van der Waals surface area contributed by atoms with Gasteiger partial charge in [0.05, 0.1) is 17.3 Å². The molecule has 28 heavy (non-hydrogen) atoms. The van der Waals surface area contributed by atoms with Crippen molar-refractivity contribution in [3.63, 3.8) is 0 Å². The van der Waals surface area contributed by atoms with E-state index in [0.29, 0.717) is 5.95 Å². The molecule has 1 aromatic carbocycles. The van der Waals surface area contributed by atoms with Crippen LogP contribution in [0.5, 0.6) is 0 Å². The van der Waals surface area contributed by atoms with Gasteiger partial charge in [0, 0.05) is 25.4 Å². The van der Waals surface area contributed by atoms with Gasteiger partial charge in [-0.1, -0.05) is 44.2 Å². The van der Waals surface area contributed by atoms with Crippen molar-refractivity contribution in [2.24, 2.45) is 11.1 Å². The van der Waals surface area contributed by atoms with Gasteiger partial charge >= 0.3 is 0 Å². The topological polar surface area (TPSA) is 84.1 Å². The minimum atomic E-state index is -0.918. The molecule has 0 fully saturated rings. The Kier molecular flexibility index (Phi) is 5.44. The van der Waals surface area contributed by atoms with E-state index in [4.69, 9.17) is 10.7 Å². The highest BCUT2D eigenvalue weighted by atomic mass is 16.2. The second-order valence-electron chi connectivity index (χ2n) is 9.21. The van der Waals surface area contributed by atoms with Gasteiger partial charge in [-0.2, -0.15) is 0 Å². The molecule has 1 atom stereocenters. The van der Waals surface area contributed by atoms with Crippen molar-refractivity contribution in [3.05, 3.63) is 53.3 Å². The van der Waals surface area contributed by atoms with E-state index in [1.54, 1.807) is 13.8 Å². The van der Waals surface area contributed by atoms with Gasteiger partial charge < -0.3 is 16.0 Å². The van der Waals surface area contributed by atoms with Gasteiger partial charge in [-0.05, 0) is 37.7 Å². The fraction of sp³-hybridized carbons (Fsp3) is 0.500. The minimum Gasteiger partial charge on any atom is -0.348 e. The number of rotatable bonds is 5. The van der Waals surface area contributed by atoms with Crippen LogP contribution in [0.3, 0.4) is 0 Å². The molecule has 1 amide bonds. The highest BCUT2D eigenvalue weighted by molar-refractivity contribution is 5.85. The zero-order chi connectivity index (χ0) is 20.5. The van der Waals surface area contributed by atoms with Crippen LogP contribution in [0.1, 0.15) is 57.0 Å². The Morgan fingerprint density at radius 2 is 2.00 bits per heavy atom. The largest absolute Gasteiger partial charge is 0.348 e. The third-order valence-electron chi connectivity index (χ3n) is 5.16. The van der Waals surface area contributed by atoms with Gasteiger partial charge in [0.2, 0.25) is 11.9 Å². The molecule has 1 aliphatic carbocycles. The first-order valence-corrected chi connectivity index (χ1v) is 9.76. The summed E-state index contributed by atoms with van der Waals surface area (Å²) in [4.78, 5) is 23.9. The maximum atomic E-state index is 12.4. The summed E-state index contributed by atoms with van der Waals surface area (Å²) >= 11 is 0. The fourth-order valence-corrected chi connectivity index (χ4v) is 3.62. The summed E-state index contributed by atoms with van der Waals surface area (Å²) in [6, 6.07) is 10.1. The van der Waals surface area contributed by atoms with Crippen molar-refractivity contribution in [3.8, 4) is 0 Å². The third kappa shape index (κ3) is 4.68. The molecule has 6 nitrogen and oxygen atoms in total. The number of carbonyl (C=O) groups excluding carboxylic acids is 1. The van der Waals surface area contributed by atoms with E-state index < -0.39 is 5.54 Å². The Morgan fingerprint density at radius 1 is 1.32 bits per heavy atom. The number of nitrogens with zero attached hydrogens (tertiary/aromatic N) is 3. The van der Waals surface area contributed by atoms with Gasteiger partial charge in [0.15, 0.2) is 0 Å². The van der Waals surface area contributed by atoms with Crippen LogP contribution in [0.25, 0.3) is 0 Å². The molecule has 0 bridgehead atoms. The maximum Gasteiger partial charge on any atom is 0.239 e. The average Bonchev–Trinajstić information content (AvgIpc) is 2.60. The van der Waals surface area contributed by atoms with E-state index in [0.717, 1.165) is 30.6 Å². The smallest absolute Gasteiger partial charge is 0.239 e. The summed E-state index contributed by atoms with van der Waals surface area (Å²) in [6.07, 6.45) is 3.56. The summed E-state index contributed by atoms with van der Waals surface area (Å²) in [5, 5.41) is 3.10. The van der Waals surface area contributed by atoms with Gasteiger partial charge in [0.25, 0.3) is 0 Å². The zero-order valence-corrected chi connectivity index (χ0v) is 17.5. The minimum absolute atomic E-state index is 0.0350. The summed E-state index contributed by atoms with van der Waals surface area (Å²) in [7, 11) is 2.00. The predicted molar refractivity (Wildman–Crippen MR) is 112 cm³/mol. The first-order valence-electron chi connectivity index (χ1n) is 9.76. The molecule has 0 saturated heterocycles. The molecule has 3 N–H and O–H groups in total. The lowest BCUT2D eigenvalue weighted by Crippen LogP contribution is -2.51. The average molecular weight is 382 g/mol. The molecular formula is C22H31N5O. The Bertz CT molecular complexity index is 842. The Morgan fingerprint density at radius 3 is 2.64 bits per heavy atom. The van der Waals surface area contributed by atoms with Crippen LogP contribution in [0.4, 0.5) is 5.95 Å². The zero-order valence-electron chi connectivity index (χ0n) is 17.5. The quantitative estimate of drug-likeness (QED) is 0.832. The predicted octanol–water partition coefficient (Wildman–Crippen LogP) is 2.98. The first kappa shape index (κ1) is 20.3. The number of carbonyl (C=O) groups is 1. The molecule has 3 rings (SSSR count). The molecule has 0 unspecified atom stereocenters. The number of fused-ring (bicyclic) bond motifs is 1. The highest BCUT2D eigenvalue weighted by Gasteiger charge is 2.36. The lowest BCUT2D eigenvalue weighted by molar-refractivity contribution is -0.126. The molecule has 0 aliphatic heterocycles. The molecule has 1 heterocycles. The number of benzene rings is 1. The lowest BCUT2D eigenvalue weighted by Gasteiger charge is -2.37. The van der Waals surface area contributed by atoms with E-state index in [1.807, 2.05) is 36.3 Å². The molecule has 0 spiro atoms. The van der Waals surface area contributed by atoms with Crippen molar-refractivity contribution in [1.82, 2.24) is 15.3 Å². The Labute approximate surface area is 167 Å². The van der Waals surface area contributed by atoms with Crippen molar-refractivity contribution >= 4 is 11.9 Å². The highest BCUT2D eigenvalue weighted by Crippen LogP contribution is 2.40. The number of nitrogens with one attached hydrogen (secondary N) is 1. The molecule has 150 valence electrons. The van der Waals surface area contributed by atoms with Crippen LogP contribution in [-0.2, 0) is 17.8 Å². The van der Waals surface area contributed by atoms with Crippen LogP contribution in [-0.4, -0.2) is 28.5 Å². The van der Waals surface area contributed by atoms with Gasteiger partial charge in [-0.25, -0.2) is 9.97 Å². The number of hydrogen-bond acceptors (Lipinski definition) is 5. The number of anilines is 1. The van der Waals surface area contributed by atoms with Crippen molar-refractivity contribution in [1.29, 1.82) is 0 Å². The van der Waals surface area contributed by atoms with Crippen LogP contribution in [0.15, 0.2) is 36.5 Å². The molecular weight excluding hydrogens is 350 g/mol. The van der Waals surface area contributed by atoms with Crippen LogP contribution in [0.2, 0.25) is 0 Å². The Balaban J connectivity index is 1.85. The van der Waals surface area contributed by atoms with E-state index in [1.165, 1.54) is 5.56 Å². The van der Waals surface area contributed by atoms with E-state index in [2.05, 4.69) is 36.3 Å². The van der Waals surface area contributed by atoms with Crippen LogP contribution < -0.4 is 16.0 Å². The summed E-state index contributed by atoms with van der Waals surface area (Å²) in [6.45, 7) is 8.59. The maximum absolute atomic E-state index is 12.4. The second-order valence-corrected chi connectivity index (χ2v) is 9.21. The monoisotopic (exact) mass is 381 g/mol. The SMILES string of the molecule is CN(Cc1ccccc1)c1ncc2c(n1)CC(C)(C)C[C@@H]2NC(=O)C(C)(C)N. The third-order valence-corrected chi connectivity index (χ3v) is 5.16. The van der Waals surface area contributed by atoms with E-state index in [9.17, 15) is 4.79 Å². The van der Waals surface area contributed by atoms with Gasteiger partial charge in [-0.15, -0.1) is 0 Å². The number of nitrogens with two attached hydrogens (primary N) is 1. The number of aromatic nitrogens is 2. The molecule has 0 saturated carbocycles. The number of amides is 1. The van der Waals surface area contributed by atoms with Gasteiger partial charge in [0.1, 0.15) is 0 Å². The summed E-state index contributed by atoms with van der Waals surface area (Å²) in [5.41, 5.74) is 8.29. The van der Waals surface area contributed by atoms with Gasteiger partial charge in [-0.3, -0.25) is 4.79 Å². The lowest BCUT2D eigenvalue weighted by atomic mass is 9.74. The number of hydrogen-bond donors (Lipinski definition) is 2. The van der Waals surface area contributed by atoms with Crippen LogP contribution in [0, 0.1) is 5.41 Å². The van der Waals surface area contributed by atoms with Crippen molar-refractivity contribution in [2.45, 2.75) is 58.7 Å².